The lowest BCUT2D eigenvalue weighted by Gasteiger charge is -2.25. The molecule has 2 atom stereocenters. The van der Waals surface area contributed by atoms with Crippen LogP contribution in [0, 0.1) is 11.3 Å². The van der Waals surface area contributed by atoms with Crippen LogP contribution in [0.2, 0.25) is 0 Å². The second-order valence-electron chi connectivity index (χ2n) is 10.2. The summed E-state index contributed by atoms with van der Waals surface area (Å²) in [5.41, 5.74) is 9.66. The van der Waals surface area contributed by atoms with Gasteiger partial charge < -0.3 is 25.4 Å². The van der Waals surface area contributed by atoms with Gasteiger partial charge in [0, 0.05) is 19.0 Å². The summed E-state index contributed by atoms with van der Waals surface area (Å²) in [6.07, 6.45) is 2.14. The molecule has 0 radical (unpaired) electrons. The van der Waals surface area contributed by atoms with Crippen LogP contribution in [0.25, 0.3) is 11.1 Å². The number of esters is 1. The summed E-state index contributed by atoms with van der Waals surface area (Å²) < 4.78 is 11.0. The Morgan fingerprint density at radius 3 is 2.41 bits per heavy atom. The van der Waals surface area contributed by atoms with Crippen molar-refractivity contribution in [2.45, 2.75) is 38.6 Å². The highest BCUT2D eigenvalue weighted by atomic mass is 16.5. The first kappa shape index (κ1) is 29.3. The standard InChI is InChI=1S/C32H36N4O5/c1-21(37)35-28-18-25(23-10-12-24(13-11-23)31(33)34)14-15-29(28)41-20-27-17-26(19-30(38)40-2)32(39)36(27)16-6-9-22-7-4-3-5-8-22/h3-5,7-8,10-15,18,26-27H,6,9,16-17,19-20H2,1-2H3,(H3,33,34)(H,35,37)/t26-,27-/m0/s1. The summed E-state index contributed by atoms with van der Waals surface area (Å²) in [6.45, 7) is 2.20. The van der Waals surface area contributed by atoms with E-state index in [9.17, 15) is 14.4 Å². The molecule has 1 fully saturated rings. The van der Waals surface area contributed by atoms with E-state index in [1.54, 1.807) is 18.2 Å². The molecular weight excluding hydrogens is 520 g/mol. The molecule has 0 bridgehead atoms. The number of amidine groups is 1. The fraction of sp³-hybridized carbons (Fsp3) is 0.312. The summed E-state index contributed by atoms with van der Waals surface area (Å²) >= 11 is 0. The maximum absolute atomic E-state index is 13.3. The number of nitrogen functional groups attached to an aromatic ring is 1. The van der Waals surface area contributed by atoms with E-state index >= 15 is 0 Å². The average molecular weight is 557 g/mol. The lowest BCUT2D eigenvalue weighted by Crippen LogP contribution is -2.38. The van der Waals surface area contributed by atoms with Gasteiger partial charge in [-0.3, -0.25) is 19.8 Å². The molecule has 1 saturated heterocycles. The molecule has 1 aliphatic rings. The van der Waals surface area contributed by atoms with Crippen molar-refractivity contribution in [1.29, 1.82) is 5.41 Å². The number of hydrogen-bond acceptors (Lipinski definition) is 6. The number of carbonyl (C=O) groups is 3. The van der Waals surface area contributed by atoms with E-state index < -0.39 is 11.9 Å². The SMILES string of the molecule is COC(=O)C[C@@H]1C[C@@H](COc2ccc(-c3ccc(C(=N)N)cc3)cc2NC(C)=O)N(CCCc2ccccc2)C1=O. The first-order chi connectivity index (χ1) is 19.7. The quantitative estimate of drug-likeness (QED) is 0.172. The second kappa shape index (κ2) is 13.6. The van der Waals surface area contributed by atoms with Gasteiger partial charge in [0.05, 0.1) is 31.2 Å². The van der Waals surface area contributed by atoms with Crippen molar-refractivity contribution in [1.82, 2.24) is 4.90 Å². The first-order valence-electron chi connectivity index (χ1n) is 13.7. The summed E-state index contributed by atoms with van der Waals surface area (Å²) in [5.74, 6) is -0.693. The van der Waals surface area contributed by atoms with Gasteiger partial charge in [-0.25, -0.2) is 0 Å². The number of nitrogens with two attached hydrogens (primary N) is 1. The number of likely N-dealkylation sites (tertiary alicyclic amines) is 1. The summed E-state index contributed by atoms with van der Waals surface area (Å²) in [6, 6.07) is 22.7. The molecule has 0 spiro atoms. The van der Waals surface area contributed by atoms with Gasteiger partial charge in [-0.1, -0.05) is 60.7 Å². The topological polar surface area (TPSA) is 135 Å². The molecule has 1 aliphatic heterocycles. The number of hydrogen-bond donors (Lipinski definition) is 3. The van der Waals surface area contributed by atoms with Crippen LogP contribution >= 0.6 is 0 Å². The smallest absolute Gasteiger partial charge is 0.306 e. The fourth-order valence-electron chi connectivity index (χ4n) is 5.13. The van der Waals surface area contributed by atoms with Gasteiger partial charge in [0.1, 0.15) is 18.2 Å². The Bertz CT molecular complexity index is 1390. The number of nitrogens with zero attached hydrogens (tertiary/aromatic N) is 1. The molecule has 0 unspecified atom stereocenters. The molecule has 9 nitrogen and oxygen atoms in total. The van der Waals surface area contributed by atoms with Crippen LogP contribution in [-0.2, 0) is 25.5 Å². The molecule has 0 aromatic heterocycles. The first-order valence-corrected chi connectivity index (χ1v) is 13.7. The molecule has 4 N–H and O–H groups in total. The predicted molar refractivity (Wildman–Crippen MR) is 158 cm³/mol. The van der Waals surface area contributed by atoms with Crippen LogP contribution in [-0.4, -0.2) is 54.8 Å². The van der Waals surface area contributed by atoms with E-state index in [4.69, 9.17) is 20.6 Å². The van der Waals surface area contributed by atoms with Gasteiger partial charge in [-0.15, -0.1) is 0 Å². The lowest BCUT2D eigenvalue weighted by molar-refractivity contribution is -0.144. The molecule has 41 heavy (non-hydrogen) atoms. The Balaban J connectivity index is 1.50. The Hall–Kier alpha value is -4.66. The molecule has 214 valence electrons. The van der Waals surface area contributed by atoms with Crippen LogP contribution in [0.15, 0.2) is 72.8 Å². The molecule has 0 aliphatic carbocycles. The maximum Gasteiger partial charge on any atom is 0.306 e. The maximum atomic E-state index is 13.3. The number of aryl methyl sites for hydroxylation is 1. The molecule has 9 heteroatoms. The fourth-order valence-corrected chi connectivity index (χ4v) is 5.13. The zero-order chi connectivity index (χ0) is 29.4. The third-order valence-electron chi connectivity index (χ3n) is 7.23. The molecular formula is C32H36N4O5. The van der Waals surface area contributed by atoms with Crippen molar-refractivity contribution >= 4 is 29.3 Å². The number of carbonyl (C=O) groups excluding carboxylic acids is 3. The highest BCUT2D eigenvalue weighted by Gasteiger charge is 2.40. The monoisotopic (exact) mass is 556 g/mol. The highest BCUT2D eigenvalue weighted by Crippen LogP contribution is 2.33. The Morgan fingerprint density at radius 2 is 1.76 bits per heavy atom. The number of rotatable bonds is 12. The lowest BCUT2D eigenvalue weighted by atomic mass is 10.0. The normalized spacial score (nSPS) is 16.3. The van der Waals surface area contributed by atoms with Gasteiger partial charge in [-0.05, 0) is 48.1 Å². The van der Waals surface area contributed by atoms with Crippen molar-refractivity contribution in [3.63, 3.8) is 0 Å². The highest BCUT2D eigenvalue weighted by molar-refractivity contribution is 5.95. The van der Waals surface area contributed by atoms with E-state index in [0.29, 0.717) is 30.0 Å². The molecule has 1 heterocycles. The Morgan fingerprint density at radius 1 is 1.05 bits per heavy atom. The summed E-state index contributed by atoms with van der Waals surface area (Å²) in [4.78, 5) is 39.1. The number of ether oxygens (including phenoxy) is 2. The van der Waals surface area contributed by atoms with Crippen molar-refractivity contribution in [3.05, 3.63) is 83.9 Å². The van der Waals surface area contributed by atoms with Crippen LogP contribution in [0.3, 0.4) is 0 Å². The van der Waals surface area contributed by atoms with E-state index in [-0.39, 0.29) is 36.7 Å². The minimum Gasteiger partial charge on any atom is -0.489 e. The Labute approximate surface area is 240 Å². The zero-order valence-electron chi connectivity index (χ0n) is 23.4. The van der Waals surface area contributed by atoms with Gasteiger partial charge in [-0.2, -0.15) is 0 Å². The number of methoxy groups -OCH3 is 1. The molecule has 0 saturated carbocycles. The van der Waals surface area contributed by atoms with E-state index in [1.807, 2.05) is 47.4 Å². The number of amides is 2. The van der Waals surface area contributed by atoms with Crippen molar-refractivity contribution < 1.29 is 23.9 Å². The van der Waals surface area contributed by atoms with Gasteiger partial charge >= 0.3 is 5.97 Å². The van der Waals surface area contributed by atoms with Crippen LogP contribution in [0.5, 0.6) is 5.75 Å². The molecule has 2 amide bonds. The van der Waals surface area contributed by atoms with Gasteiger partial charge in [0.2, 0.25) is 11.8 Å². The largest absolute Gasteiger partial charge is 0.489 e. The third kappa shape index (κ3) is 7.72. The predicted octanol–water partition coefficient (Wildman–Crippen LogP) is 4.39. The van der Waals surface area contributed by atoms with Crippen molar-refractivity contribution in [2.75, 3.05) is 25.6 Å². The minimum absolute atomic E-state index is 0.00689. The summed E-state index contributed by atoms with van der Waals surface area (Å²) in [7, 11) is 1.32. The van der Waals surface area contributed by atoms with Gasteiger partial charge in [0.25, 0.3) is 0 Å². The number of benzene rings is 3. The van der Waals surface area contributed by atoms with Crippen LogP contribution in [0.4, 0.5) is 5.69 Å². The molecule has 4 rings (SSSR count). The number of anilines is 1. The minimum atomic E-state index is -0.456. The molecule has 3 aromatic carbocycles. The zero-order valence-corrected chi connectivity index (χ0v) is 23.4. The number of nitrogens with one attached hydrogen (secondary N) is 2. The third-order valence-corrected chi connectivity index (χ3v) is 7.23. The van der Waals surface area contributed by atoms with Crippen molar-refractivity contribution in [2.24, 2.45) is 11.7 Å². The van der Waals surface area contributed by atoms with Crippen LogP contribution < -0.4 is 15.8 Å². The molecule has 3 aromatic rings. The Kier molecular flexibility index (Phi) is 9.73. The van der Waals surface area contributed by atoms with E-state index in [1.165, 1.54) is 19.6 Å². The summed E-state index contributed by atoms with van der Waals surface area (Å²) in [5, 5.41) is 10.4. The van der Waals surface area contributed by atoms with Gasteiger partial charge in [0.15, 0.2) is 0 Å². The average Bonchev–Trinajstić information content (AvgIpc) is 3.26. The van der Waals surface area contributed by atoms with Crippen LogP contribution in [0.1, 0.15) is 37.3 Å². The van der Waals surface area contributed by atoms with E-state index in [0.717, 1.165) is 24.0 Å². The van der Waals surface area contributed by atoms with E-state index in [2.05, 4.69) is 17.4 Å². The van der Waals surface area contributed by atoms with Crippen molar-refractivity contribution in [3.8, 4) is 16.9 Å². The second-order valence-corrected chi connectivity index (χ2v) is 10.2.